The van der Waals surface area contributed by atoms with Crippen molar-refractivity contribution < 1.29 is 4.79 Å². The van der Waals surface area contributed by atoms with Gasteiger partial charge in [-0.25, -0.2) is 5.43 Å². The average Bonchev–Trinajstić information content (AvgIpc) is 2.98. The van der Waals surface area contributed by atoms with Crippen LogP contribution >= 0.6 is 0 Å². The summed E-state index contributed by atoms with van der Waals surface area (Å²) in [5.74, 6) is -0.241. The van der Waals surface area contributed by atoms with Crippen molar-refractivity contribution in [3.05, 3.63) is 59.4 Å². The Labute approximate surface area is 112 Å². The van der Waals surface area contributed by atoms with E-state index in [1.165, 1.54) is 5.56 Å². The molecule has 4 heteroatoms. The Morgan fingerprint density at radius 2 is 2.00 bits per heavy atom. The summed E-state index contributed by atoms with van der Waals surface area (Å²) < 4.78 is 0. The Hall–Kier alpha value is -2.36. The second kappa shape index (κ2) is 6.00. The average molecular weight is 255 g/mol. The highest BCUT2D eigenvalue weighted by molar-refractivity contribution is 6.00. The van der Waals surface area contributed by atoms with E-state index in [0.29, 0.717) is 5.69 Å². The molecule has 0 saturated heterocycles. The Balaban J connectivity index is 2.04. The van der Waals surface area contributed by atoms with Crippen LogP contribution in [0.5, 0.6) is 0 Å². The van der Waals surface area contributed by atoms with Crippen molar-refractivity contribution in [1.29, 1.82) is 0 Å². The van der Waals surface area contributed by atoms with Crippen LogP contribution in [0.4, 0.5) is 0 Å². The minimum absolute atomic E-state index is 0.241. The largest absolute Gasteiger partial charge is 0.357 e. The van der Waals surface area contributed by atoms with Crippen molar-refractivity contribution in [3.8, 4) is 0 Å². The third-order valence-electron chi connectivity index (χ3n) is 2.95. The molecule has 0 unspecified atom stereocenters. The van der Waals surface area contributed by atoms with Crippen LogP contribution in [0.15, 0.2) is 47.7 Å². The zero-order chi connectivity index (χ0) is 13.7. The number of benzene rings is 1. The first-order chi connectivity index (χ1) is 9.20. The van der Waals surface area contributed by atoms with Gasteiger partial charge in [-0.1, -0.05) is 31.2 Å². The van der Waals surface area contributed by atoms with E-state index in [1.54, 1.807) is 18.3 Å². The number of amides is 1. The summed E-state index contributed by atoms with van der Waals surface area (Å²) in [7, 11) is 0. The van der Waals surface area contributed by atoms with Crippen molar-refractivity contribution in [2.75, 3.05) is 0 Å². The quantitative estimate of drug-likeness (QED) is 0.640. The molecule has 0 radical (unpaired) electrons. The summed E-state index contributed by atoms with van der Waals surface area (Å²) in [6.07, 6.45) is 2.72. The molecule has 0 aliphatic heterocycles. The van der Waals surface area contributed by atoms with Gasteiger partial charge in [-0.2, -0.15) is 5.10 Å². The van der Waals surface area contributed by atoms with E-state index in [1.807, 2.05) is 19.1 Å². The predicted octanol–water partition coefficient (Wildman–Crippen LogP) is 2.73. The van der Waals surface area contributed by atoms with Crippen molar-refractivity contribution in [2.24, 2.45) is 5.10 Å². The fourth-order valence-corrected chi connectivity index (χ4v) is 1.71. The number of hydrogen-bond acceptors (Lipinski definition) is 2. The van der Waals surface area contributed by atoms with Gasteiger partial charge >= 0.3 is 0 Å². The monoisotopic (exact) mass is 255 g/mol. The molecule has 2 rings (SSSR count). The zero-order valence-electron chi connectivity index (χ0n) is 11.1. The number of aromatic amines is 1. The van der Waals surface area contributed by atoms with Crippen LogP contribution in [-0.4, -0.2) is 16.6 Å². The lowest BCUT2D eigenvalue weighted by atomic mass is 10.1. The van der Waals surface area contributed by atoms with Gasteiger partial charge in [0, 0.05) is 6.20 Å². The molecule has 0 saturated carbocycles. The molecule has 1 aromatic heterocycles. The molecular weight excluding hydrogens is 238 g/mol. The van der Waals surface area contributed by atoms with Gasteiger partial charge in [0.15, 0.2) is 0 Å². The number of rotatable bonds is 4. The van der Waals surface area contributed by atoms with Gasteiger partial charge in [0.25, 0.3) is 5.91 Å². The molecule has 0 spiro atoms. The molecule has 2 N–H and O–H groups in total. The summed E-state index contributed by atoms with van der Waals surface area (Å²) in [6.45, 7) is 3.99. The lowest BCUT2D eigenvalue weighted by Crippen LogP contribution is -2.19. The van der Waals surface area contributed by atoms with Crippen molar-refractivity contribution >= 4 is 11.6 Å². The fourth-order valence-electron chi connectivity index (χ4n) is 1.71. The Morgan fingerprint density at radius 1 is 1.26 bits per heavy atom. The maximum absolute atomic E-state index is 11.7. The summed E-state index contributed by atoms with van der Waals surface area (Å²) in [4.78, 5) is 14.5. The molecule has 0 fully saturated rings. The van der Waals surface area contributed by atoms with Gasteiger partial charge in [0.05, 0.1) is 5.71 Å². The number of aryl methyl sites for hydroxylation is 1. The Morgan fingerprint density at radius 3 is 2.58 bits per heavy atom. The molecule has 4 nitrogen and oxygen atoms in total. The number of hydrazone groups is 1. The smallest absolute Gasteiger partial charge is 0.287 e. The summed E-state index contributed by atoms with van der Waals surface area (Å²) in [6, 6.07) is 11.6. The molecule has 0 atom stereocenters. The summed E-state index contributed by atoms with van der Waals surface area (Å²) in [5.41, 5.74) is 6.10. The first kappa shape index (κ1) is 13.1. The Bertz CT molecular complexity index is 568. The first-order valence-corrected chi connectivity index (χ1v) is 6.28. The second-order valence-electron chi connectivity index (χ2n) is 4.27. The third kappa shape index (κ3) is 3.31. The van der Waals surface area contributed by atoms with E-state index in [4.69, 9.17) is 0 Å². The van der Waals surface area contributed by atoms with Crippen LogP contribution in [0.3, 0.4) is 0 Å². The second-order valence-corrected chi connectivity index (χ2v) is 4.27. The van der Waals surface area contributed by atoms with Crippen LogP contribution in [0.2, 0.25) is 0 Å². The lowest BCUT2D eigenvalue weighted by molar-refractivity contribution is 0.0950. The molecular formula is C15H17N3O. The predicted molar refractivity (Wildman–Crippen MR) is 76.3 cm³/mol. The van der Waals surface area contributed by atoms with Gasteiger partial charge < -0.3 is 4.98 Å². The van der Waals surface area contributed by atoms with Crippen molar-refractivity contribution in [1.82, 2.24) is 10.4 Å². The van der Waals surface area contributed by atoms with Gasteiger partial charge in [0.1, 0.15) is 5.69 Å². The third-order valence-corrected chi connectivity index (χ3v) is 2.95. The van der Waals surface area contributed by atoms with Gasteiger partial charge in [0.2, 0.25) is 0 Å². The molecule has 1 heterocycles. The van der Waals surface area contributed by atoms with E-state index in [-0.39, 0.29) is 5.91 Å². The maximum atomic E-state index is 11.7. The number of H-pyrrole nitrogens is 1. The summed E-state index contributed by atoms with van der Waals surface area (Å²) in [5, 5.41) is 4.10. The SMILES string of the molecule is CCc1ccc(/C(C)=N\NC(=O)c2ccc[nH]2)cc1. The van der Waals surface area contributed by atoms with E-state index in [9.17, 15) is 4.79 Å². The van der Waals surface area contributed by atoms with E-state index >= 15 is 0 Å². The summed E-state index contributed by atoms with van der Waals surface area (Å²) >= 11 is 0. The van der Waals surface area contributed by atoms with Crippen molar-refractivity contribution in [3.63, 3.8) is 0 Å². The minimum Gasteiger partial charge on any atom is -0.357 e. The van der Waals surface area contributed by atoms with E-state index in [0.717, 1.165) is 17.7 Å². The molecule has 0 bridgehead atoms. The standard InChI is InChI=1S/C15H17N3O/c1-3-12-6-8-13(9-7-12)11(2)17-18-15(19)14-5-4-10-16-14/h4-10,16H,3H2,1-2H3,(H,18,19)/b17-11-. The number of carbonyl (C=O) groups excluding carboxylic acids is 1. The first-order valence-electron chi connectivity index (χ1n) is 6.28. The number of nitrogens with one attached hydrogen (secondary N) is 2. The maximum Gasteiger partial charge on any atom is 0.287 e. The molecule has 2 aromatic rings. The Kier molecular flexibility index (Phi) is 4.13. The zero-order valence-corrected chi connectivity index (χ0v) is 11.1. The van der Waals surface area contributed by atoms with Gasteiger partial charge in [-0.3, -0.25) is 4.79 Å². The number of hydrogen-bond donors (Lipinski definition) is 2. The van der Waals surface area contributed by atoms with Gasteiger partial charge in [-0.05, 0) is 36.6 Å². The van der Waals surface area contributed by atoms with Crippen LogP contribution in [0.1, 0.15) is 35.5 Å². The van der Waals surface area contributed by atoms with Crippen LogP contribution in [0, 0.1) is 0 Å². The fraction of sp³-hybridized carbons (Fsp3) is 0.200. The normalized spacial score (nSPS) is 11.4. The van der Waals surface area contributed by atoms with Crippen LogP contribution < -0.4 is 5.43 Å². The number of aromatic nitrogens is 1. The molecule has 0 aliphatic rings. The molecule has 19 heavy (non-hydrogen) atoms. The highest BCUT2D eigenvalue weighted by Crippen LogP contribution is 2.06. The topological polar surface area (TPSA) is 57.2 Å². The highest BCUT2D eigenvalue weighted by Gasteiger charge is 2.04. The van der Waals surface area contributed by atoms with Crippen LogP contribution in [-0.2, 0) is 6.42 Å². The van der Waals surface area contributed by atoms with Crippen LogP contribution in [0.25, 0.3) is 0 Å². The molecule has 98 valence electrons. The van der Waals surface area contributed by atoms with E-state index < -0.39 is 0 Å². The highest BCUT2D eigenvalue weighted by atomic mass is 16.2. The van der Waals surface area contributed by atoms with E-state index in [2.05, 4.69) is 34.6 Å². The molecule has 1 amide bonds. The van der Waals surface area contributed by atoms with Crippen molar-refractivity contribution in [2.45, 2.75) is 20.3 Å². The van der Waals surface area contributed by atoms with Gasteiger partial charge in [-0.15, -0.1) is 0 Å². The molecule has 1 aromatic carbocycles. The molecule has 0 aliphatic carbocycles. The number of nitrogens with zero attached hydrogens (tertiary/aromatic N) is 1. The number of carbonyl (C=O) groups is 1. The lowest BCUT2D eigenvalue weighted by Gasteiger charge is -2.03. The minimum atomic E-state index is -0.241.